The van der Waals surface area contributed by atoms with Crippen molar-refractivity contribution in [3.05, 3.63) is 437 Å². The first-order valence-corrected chi connectivity index (χ1v) is 43.4. The topological polar surface area (TPSA) is 45.5 Å². The number of pyridine rings is 2. The summed E-state index contributed by atoms with van der Waals surface area (Å²) in [4.78, 5) is 11.1. The van der Waals surface area contributed by atoms with E-state index in [1.165, 1.54) is 120 Å². The second kappa shape index (κ2) is 27.4. The number of rotatable bonds is 12. The van der Waals surface area contributed by atoms with Crippen molar-refractivity contribution in [3.63, 3.8) is 0 Å². The fourth-order valence-corrected chi connectivity index (χ4v) is 21.2. The van der Waals surface area contributed by atoms with E-state index in [2.05, 4.69) is 455 Å². The molecule has 2 aliphatic carbocycles. The fourth-order valence-electron chi connectivity index (χ4n) is 21.2. The van der Waals surface area contributed by atoms with Crippen LogP contribution in [0.5, 0.6) is 0 Å². The lowest BCUT2D eigenvalue weighted by atomic mass is 9.94. The summed E-state index contributed by atoms with van der Waals surface area (Å²) < 4.78 is 9.73. The van der Waals surface area contributed by atoms with Crippen LogP contribution in [0.15, 0.2) is 437 Å². The lowest BCUT2D eigenvalue weighted by Gasteiger charge is -2.12. The van der Waals surface area contributed by atoms with Gasteiger partial charge in [-0.1, -0.05) is 273 Å². The highest BCUT2D eigenvalue weighted by Crippen LogP contribution is 2.52. The van der Waals surface area contributed by atoms with Crippen LogP contribution in [-0.4, -0.2) is 28.2 Å². The highest BCUT2D eigenvalue weighted by atomic mass is 15.0. The first kappa shape index (κ1) is 69.9. The van der Waals surface area contributed by atoms with Crippen LogP contribution in [-0.2, 0) is 0 Å². The molecule has 0 atom stereocenters. The molecule has 0 saturated heterocycles. The quantitative estimate of drug-likeness (QED) is 0.122. The summed E-state index contributed by atoms with van der Waals surface area (Å²) in [5.74, 6) is 0. The average Bonchev–Trinajstić information content (AvgIpc) is 1.58. The summed E-state index contributed by atoms with van der Waals surface area (Å²) in [6.45, 7) is 0. The molecule has 0 unspecified atom stereocenters. The molecule has 0 bridgehead atoms. The third kappa shape index (κ3) is 10.8. The van der Waals surface area contributed by atoms with Crippen molar-refractivity contribution < 1.29 is 0 Å². The molecular formula is C120H72N6. The van der Waals surface area contributed by atoms with Gasteiger partial charge in [-0.25, -0.2) is 9.97 Å². The third-order valence-corrected chi connectivity index (χ3v) is 26.9. The van der Waals surface area contributed by atoms with Crippen LogP contribution in [0.2, 0.25) is 0 Å². The monoisotopic (exact) mass is 1600 g/mol. The maximum atomic E-state index is 5.68. The molecule has 0 aliphatic heterocycles. The minimum absolute atomic E-state index is 0.932. The van der Waals surface area contributed by atoms with Gasteiger partial charge < -0.3 is 18.3 Å². The Morgan fingerprint density at radius 2 is 0.460 bits per heavy atom. The Morgan fingerprint density at radius 3 is 0.968 bits per heavy atom. The van der Waals surface area contributed by atoms with Gasteiger partial charge >= 0.3 is 0 Å². The van der Waals surface area contributed by atoms with E-state index < -0.39 is 0 Å². The molecule has 0 fully saturated rings. The highest BCUT2D eigenvalue weighted by Gasteiger charge is 2.29. The molecule has 0 radical (unpaired) electrons. The number of hydrogen-bond acceptors (Lipinski definition) is 2. The van der Waals surface area contributed by atoms with Crippen molar-refractivity contribution in [2.24, 2.45) is 0 Å². The zero-order chi connectivity index (χ0) is 82.3. The molecule has 126 heavy (non-hydrogen) atoms. The van der Waals surface area contributed by atoms with Crippen LogP contribution >= 0.6 is 0 Å². The SMILES string of the molecule is c1ccc(-c2cccc(-n3c4ccc(-c5cccc(-c6cc7cc(-c8ccc9c%10cc(-c%11ccc%12c(c%11)c%11ccc(-c%13cccc(-c%14cc%15cccc%16c%15c(n%14)-c%14ccccc%14-%16)c%13)cc%11n%12-c%11ccccc%11)ccc%10n(-c%10ccccc%10)c9c8)cc8c7c(n6)-c6ccccc6-8)c5)cc4c4cc(-c5ccc6c(c5)c5ccccc5n6-c5ccccc5)ccc43)c2)cc1. The van der Waals surface area contributed by atoms with Crippen LogP contribution < -0.4 is 0 Å². The maximum absolute atomic E-state index is 5.68. The molecule has 25 aromatic rings. The zero-order valence-corrected chi connectivity index (χ0v) is 68.3. The second-order valence-corrected chi connectivity index (χ2v) is 33.9. The summed E-state index contributed by atoms with van der Waals surface area (Å²) in [6.07, 6.45) is 0. The fraction of sp³-hybridized carbons (Fsp3) is 0. The first-order valence-electron chi connectivity index (χ1n) is 43.4. The van der Waals surface area contributed by atoms with E-state index in [1.807, 2.05) is 0 Å². The van der Waals surface area contributed by atoms with E-state index in [9.17, 15) is 0 Å². The Labute approximate surface area is 725 Å². The summed E-state index contributed by atoms with van der Waals surface area (Å²) in [7, 11) is 0. The second-order valence-electron chi connectivity index (χ2n) is 33.9. The van der Waals surface area contributed by atoms with Crippen LogP contribution in [0.3, 0.4) is 0 Å². The van der Waals surface area contributed by atoms with Crippen molar-refractivity contribution >= 4 is 109 Å². The molecule has 6 nitrogen and oxygen atoms in total. The molecular weight excluding hydrogens is 1530 g/mol. The van der Waals surface area contributed by atoms with Crippen LogP contribution in [0.4, 0.5) is 0 Å². The molecule has 0 spiro atoms. The van der Waals surface area contributed by atoms with E-state index >= 15 is 0 Å². The van der Waals surface area contributed by atoms with Crippen molar-refractivity contribution in [2.75, 3.05) is 0 Å². The molecule has 0 amide bonds. The van der Waals surface area contributed by atoms with Gasteiger partial charge in [-0.15, -0.1) is 0 Å². The van der Waals surface area contributed by atoms with Gasteiger partial charge in [-0.2, -0.15) is 0 Å². The number of benzene rings is 19. The van der Waals surface area contributed by atoms with E-state index in [1.54, 1.807) is 0 Å². The maximum Gasteiger partial charge on any atom is 0.0800 e. The van der Waals surface area contributed by atoms with Gasteiger partial charge in [0.15, 0.2) is 0 Å². The zero-order valence-electron chi connectivity index (χ0n) is 68.3. The summed E-state index contributed by atoms with van der Waals surface area (Å²) in [5, 5.41) is 14.4. The number of nitrogens with zero attached hydrogens (tertiary/aromatic N) is 6. The van der Waals surface area contributed by atoms with Crippen molar-refractivity contribution in [1.82, 2.24) is 28.2 Å². The predicted molar refractivity (Wildman–Crippen MR) is 527 cm³/mol. The lowest BCUT2D eigenvalue weighted by molar-refractivity contribution is 1.18. The molecule has 2 aliphatic rings. The Kier molecular flexibility index (Phi) is 15.2. The van der Waals surface area contributed by atoms with Gasteiger partial charge in [-0.05, 0) is 264 Å². The van der Waals surface area contributed by atoms with Crippen molar-refractivity contribution in [2.45, 2.75) is 0 Å². The first-order chi connectivity index (χ1) is 62.4. The minimum atomic E-state index is 0.932. The van der Waals surface area contributed by atoms with E-state index in [-0.39, 0.29) is 0 Å². The predicted octanol–water partition coefficient (Wildman–Crippen LogP) is 31.8. The Bertz CT molecular complexity index is 8950. The van der Waals surface area contributed by atoms with E-state index in [4.69, 9.17) is 9.97 Å². The van der Waals surface area contributed by atoms with Gasteiger partial charge in [0.1, 0.15) is 0 Å². The summed E-state index contributed by atoms with van der Waals surface area (Å²) >= 11 is 0. The smallest absolute Gasteiger partial charge is 0.0800 e. The molecule has 19 aromatic carbocycles. The van der Waals surface area contributed by atoms with Gasteiger partial charge in [0, 0.05) is 98.9 Å². The van der Waals surface area contributed by atoms with Crippen LogP contribution in [0.1, 0.15) is 0 Å². The highest BCUT2D eigenvalue weighted by molar-refractivity contribution is 6.20. The number of para-hydroxylation sites is 4. The third-order valence-electron chi connectivity index (χ3n) is 26.9. The van der Waals surface area contributed by atoms with Crippen LogP contribution in [0.25, 0.3) is 266 Å². The normalized spacial score (nSPS) is 12.1. The van der Waals surface area contributed by atoms with Crippen LogP contribution in [0, 0.1) is 0 Å². The Morgan fingerprint density at radius 1 is 0.143 bits per heavy atom. The van der Waals surface area contributed by atoms with Crippen molar-refractivity contribution in [3.8, 4) is 157 Å². The molecule has 6 aromatic heterocycles. The van der Waals surface area contributed by atoms with Gasteiger partial charge in [-0.3, -0.25) is 0 Å². The summed E-state index contributed by atoms with van der Waals surface area (Å²) in [5.41, 5.74) is 41.0. The van der Waals surface area contributed by atoms with Gasteiger partial charge in [0.05, 0.1) is 66.9 Å². The number of aromatic nitrogens is 6. The molecule has 6 heterocycles. The van der Waals surface area contributed by atoms with Gasteiger partial charge in [0.2, 0.25) is 0 Å². The largest absolute Gasteiger partial charge is 0.309 e. The molecule has 0 saturated carbocycles. The Hall–Kier alpha value is -16.8. The number of hydrogen-bond donors (Lipinski definition) is 0. The average molecular weight is 1600 g/mol. The molecule has 27 rings (SSSR count). The molecule has 0 N–H and O–H groups in total. The van der Waals surface area contributed by atoms with Gasteiger partial charge in [0.25, 0.3) is 0 Å². The molecule has 582 valence electrons. The van der Waals surface area contributed by atoms with Crippen molar-refractivity contribution in [1.29, 1.82) is 0 Å². The standard InChI is InChI=1S/C120H72N6/c1-5-23-73(24-6-1)76-27-21-37-92(62-76)126-113-57-47-77(66-104(113)105-67-81(51-58-114(105)126)78-48-54-110-101(63-78)95-40-17-18-44-109(95)123(110)89-31-7-2-8-32-89)74-25-19-29-85(59-74)108-70-88-61-87(68-106-94-39-14-16-42-100(94)120(122-108)118(88)106)83-46-53-97-103-65-80(50-56-112(103)125(116(97)72-83)91-35-11-4-12-36-91)79-49-55-111-102(64-79)96-52-45-82(71-115(96)124(111)90-33-9-3-10-34-90)75-26-20-28-84(60-75)107-69-86-30-22-43-98-93-38-13-15-41-99(93)119(121-107)117(86)98/h1-72H. The van der Waals surface area contributed by atoms with E-state index in [0.717, 1.165) is 145 Å². The lowest BCUT2D eigenvalue weighted by Crippen LogP contribution is -1.94. The van der Waals surface area contributed by atoms with E-state index in [0.29, 0.717) is 0 Å². The summed E-state index contributed by atoms with van der Waals surface area (Å²) in [6, 6.07) is 162. The minimum Gasteiger partial charge on any atom is -0.309 e. The Balaban J connectivity index is 0.554. The number of fused-ring (bicyclic) bond motifs is 18. The molecule has 6 heteroatoms.